The van der Waals surface area contributed by atoms with Gasteiger partial charge in [-0.05, 0) is 47.2 Å². The number of hydrogen-bond acceptors (Lipinski definition) is 15. The SMILES string of the molecule is CC(C)c1cc(C(=O)N2Cc3ccc(OC4CCN(C(=O)c5cnc(N6CCc7c(nc(-c8cnc(N)nc8)nc7N7CCOCC7)C6)cn5)CC4)cc3C2)c(O)cc1O. The van der Waals surface area contributed by atoms with Crippen molar-refractivity contribution in [3.05, 3.63) is 94.3 Å². The topological polar surface area (TPSA) is 209 Å². The van der Waals surface area contributed by atoms with E-state index in [4.69, 9.17) is 25.2 Å². The van der Waals surface area contributed by atoms with Crippen molar-refractivity contribution in [2.75, 3.05) is 61.5 Å². The molecule has 17 nitrogen and oxygen atoms in total. The van der Waals surface area contributed by atoms with Gasteiger partial charge in [0, 0.05) is 82.7 Å². The van der Waals surface area contributed by atoms with Gasteiger partial charge in [0.05, 0.1) is 49.0 Å². The molecule has 0 atom stereocenters. The van der Waals surface area contributed by atoms with E-state index in [0.717, 1.165) is 47.7 Å². The van der Waals surface area contributed by atoms with Crippen molar-refractivity contribution in [3.63, 3.8) is 0 Å². The Morgan fingerprint density at radius 2 is 1.57 bits per heavy atom. The molecule has 0 aliphatic carbocycles. The zero-order chi connectivity index (χ0) is 41.5. The zero-order valence-corrected chi connectivity index (χ0v) is 33.6. The number of carbonyl (C=O) groups excluding carboxylic acids is 2. The van der Waals surface area contributed by atoms with Crippen LogP contribution in [0, 0.1) is 0 Å². The number of aromatic hydroxyl groups is 2. The van der Waals surface area contributed by atoms with E-state index < -0.39 is 0 Å². The second-order valence-corrected chi connectivity index (χ2v) is 15.9. The van der Waals surface area contributed by atoms with Gasteiger partial charge < -0.3 is 45.0 Å². The van der Waals surface area contributed by atoms with Gasteiger partial charge in [0.25, 0.3) is 11.8 Å². The molecule has 0 saturated carbocycles. The molecule has 7 heterocycles. The monoisotopic (exact) mass is 813 g/mol. The normalized spacial score (nSPS) is 16.9. The van der Waals surface area contributed by atoms with E-state index in [9.17, 15) is 19.8 Å². The molecule has 2 aromatic carbocycles. The first-order valence-corrected chi connectivity index (χ1v) is 20.4. The van der Waals surface area contributed by atoms with Crippen LogP contribution < -0.4 is 20.3 Å². The Kier molecular flexibility index (Phi) is 10.5. The number of nitrogens with two attached hydrogens (primary N) is 1. The summed E-state index contributed by atoms with van der Waals surface area (Å²) < 4.78 is 12.0. The molecule has 2 amide bonds. The number of nitrogen functional groups attached to an aromatic ring is 1. The van der Waals surface area contributed by atoms with Gasteiger partial charge in [-0.3, -0.25) is 9.59 Å². The molecule has 310 valence electrons. The number of ether oxygens (including phenoxy) is 2. The zero-order valence-electron chi connectivity index (χ0n) is 33.6. The summed E-state index contributed by atoms with van der Waals surface area (Å²) in [5.74, 6) is 2.24. The van der Waals surface area contributed by atoms with Crippen LogP contribution in [0.25, 0.3) is 11.4 Å². The van der Waals surface area contributed by atoms with E-state index in [1.807, 2.05) is 32.0 Å². The van der Waals surface area contributed by atoms with Crippen molar-refractivity contribution < 1.29 is 29.3 Å². The van der Waals surface area contributed by atoms with Crippen LogP contribution in [0.3, 0.4) is 0 Å². The third-order valence-corrected chi connectivity index (χ3v) is 11.7. The van der Waals surface area contributed by atoms with Crippen LogP contribution in [0.4, 0.5) is 17.6 Å². The molecule has 0 spiro atoms. The summed E-state index contributed by atoms with van der Waals surface area (Å²) >= 11 is 0. The number of rotatable bonds is 8. The standard InChI is InChI=1S/C43H47N11O6/c1-25(2)32-16-33(37(56)17-36(32)55)41(57)54-22-26-3-4-30(15-27(26)23-54)60-29-5-8-52(9-6-29)42(58)34-20-46-38(21-45-34)53-10-7-31-35(24-53)49-39(28-18-47-43(44)48-19-28)50-40(31)51-11-13-59-14-12-51/h3-4,15-21,25,29,55-56H,5-14,22-24H2,1-2H3,(H2,44,47,48). The first kappa shape index (κ1) is 38.9. The summed E-state index contributed by atoms with van der Waals surface area (Å²) in [6.07, 6.45) is 8.43. The lowest BCUT2D eigenvalue weighted by atomic mass is 9.98. The minimum atomic E-state index is -0.296. The molecular formula is C43H47N11O6. The highest BCUT2D eigenvalue weighted by Crippen LogP contribution is 2.36. The van der Waals surface area contributed by atoms with Gasteiger partial charge in [0.15, 0.2) is 5.82 Å². The second-order valence-electron chi connectivity index (χ2n) is 15.9. The molecule has 60 heavy (non-hydrogen) atoms. The minimum Gasteiger partial charge on any atom is -0.508 e. The number of anilines is 3. The molecule has 3 aromatic heterocycles. The maximum Gasteiger partial charge on any atom is 0.274 e. The average molecular weight is 814 g/mol. The number of phenolic OH excluding ortho intramolecular Hbond substituents is 2. The van der Waals surface area contributed by atoms with Gasteiger partial charge in [-0.25, -0.2) is 29.9 Å². The Hall–Kier alpha value is -6.62. The summed E-state index contributed by atoms with van der Waals surface area (Å²) in [5.41, 5.74) is 11.5. The van der Waals surface area contributed by atoms with Gasteiger partial charge >= 0.3 is 0 Å². The van der Waals surface area contributed by atoms with Crippen molar-refractivity contribution >= 4 is 29.4 Å². The highest BCUT2D eigenvalue weighted by atomic mass is 16.5. The highest BCUT2D eigenvalue weighted by molar-refractivity contribution is 5.97. The fourth-order valence-corrected chi connectivity index (χ4v) is 8.34. The summed E-state index contributed by atoms with van der Waals surface area (Å²) in [5, 5.41) is 20.7. The van der Waals surface area contributed by atoms with Crippen LogP contribution in [0.5, 0.6) is 17.2 Å². The lowest BCUT2D eigenvalue weighted by Crippen LogP contribution is -2.42. The van der Waals surface area contributed by atoms with Crippen molar-refractivity contribution in [2.24, 2.45) is 0 Å². The number of amides is 2. The van der Waals surface area contributed by atoms with Crippen molar-refractivity contribution in [1.82, 2.24) is 39.7 Å². The van der Waals surface area contributed by atoms with Crippen molar-refractivity contribution in [2.45, 2.75) is 64.8 Å². The summed E-state index contributed by atoms with van der Waals surface area (Å²) in [7, 11) is 0. The molecule has 9 rings (SSSR count). The van der Waals surface area contributed by atoms with E-state index in [0.29, 0.717) is 93.8 Å². The van der Waals surface area contributed by atoms with Crippen LogP contribution in [-0.2, 0) is 30.8 Å². The molecule has 0 unspecified atom stereocenters. The first-order valence-electron chi connectivity index (χ1n) is 20.4. The third kappa shape index (κ3) is 7.79. The second kappa shape index (κ2) is 16.2. The Bertz CT molecular complexity index is 2420. The number of likely N-dealkylation sites (tertiary alicyclic amines) is 1. The van der Waals surface area contributed by atoms with Gasteiger partial charge in [0.2, 0.25) is 5.95 Å². The number of morpholine rings is 1. The maximum absolute atomic E-state index is 13.6. The minimum absolute atomic E-state index is 0.0101. The van der Waals surface area contributed by atoms with Crippen LogP contribution >= 0.6 is 0 Å². The van der Waals surface area contributed by atoms with E-state index in [1.54, 1.807) is 40.7 Å². The number of nitrogens with zero attached hydrogens (tertiary/aromatic N) is 10. The molecule has 5 aromatic rings. The van der Waals surface area contributed by atoms with E-state index in [-0.39, 0.29) is 52.5 Å². The molecule has 2 saturated heterocycles. The smallest absolute Gasteiger partial charge is 0.274 e. The first-order chi connectivity index (χ1) is 29.1. The van der Waals surface area contributed by atoms with Gasteiger partial charge in [-0.2, -0.15) is 0 Å². The number of carbonyl (C=O) groups is 2. The predicted octanol–water partition coefficient (Wildman–Crippen LogP) is 4.08. The number of aromatic nitrogens is 6. The Morgan fingerprint density at radius 3 is 2.30 bits per heavy atom. The molecule has 4 N–H and O–H groups in total. The van der Waals surface area contributed by atoms with Crippen molar-refractivity contribution in [1.29, 1.82) is 0 Å². The van der Waals surface area contributed by atoms with E-state index in [1.165, 1.54) is 6.07 Å². The van der Waals surface area contributed by atoms with E-state index >= 15 is 0 Å². The average Bonchev–Trinajstić information content (AvgIpc) is 3.70. The fraction of sp³-hybridized carbons (Fsp3) is 0.395. The molecule has 0 bridgehead atoms. The maximum atomic E-state index is 13.6. The lowest BCUT2D eigenvalue weighted by molar-refractivity contribution is 0.0589. The quantitative estimate of drug-likeness (QED) is 0.202. The highest BCUT2D eigenvalue weighted by Gasteiger charge is 2.31. The fourth-order valence-electron chi connectivity index (χ4n) is 8.34. The molecule has 0 radical (unpaired) electrons. The summed E-state index contributed by atoms with van der Waals surface area (Å²) in [6.45, 7) is 9.62. The van der Waals surface area contributed by atoms with Gasteiger partial charge in [-0.15, -0.1) is 0 Å². The number of phenols is 2. The van der Waals surface area contributed by atoms with Crippen molar-refractivity contribution in [3.8, 4) is 28.6 Å². The summed E-state index contributed by atoms with van der Waals surface area (Å²) in [6, 6.07) is 8.68. The number of fused-ring (bicyclic) bond motifs is 2. The number of piperidine rings is 1. The summed E-state index contributed by atoms with van der Waals surface area (Å²) in [4.78, 5) is 62.3. The molecule has 4 aliphatic rings. The largest absolute Gasteiger partial charge is 0.508 e. The van der Waals surface area contributed by atoms with Crippen LogP contribution in [0.1, 0.15) is 81.4 Å². The van der Waals surface area contributed by atoms with Crippen LogP contribution in [0.2, 0.25) is 0 Å². The molecular weight excluding hydrogens is 767 g/mol. The molecule has 17 heteroatoms. The third-order valence-electron chi connectivity index (χ3n) is 11.7. The van der Waals surface area contributed by atoms with Crippen LogP contribution in [-0.4, -0.2) is 114 Å². The molecule has 2 fully saturated rings. The Labute approximate surface area is 346 Å². The van der Waals surface area contributed by atoms with Gasteiger partial charge in [0.1, 0.15) is 40.7 Å². The Morgan fingerprint density at radius 1 is 0.800 bits per heavy atom. The Balaban J connectivity index is 0.806. The number of hydrogen-bond donors (Lipinski definition) is 3. The van der Waals surface area contributed by atoms with Crippen LogP contribution in [0.15, 0.2) is 55.1 Å². The van der Waals surface area contributed by atoms with Gasteiger partial charge in [-0.1, -0.05) is 19.9 Å². The lowest BCUT2D eigenvalue weighted by Gasteiger charge is -2.34. The molecule has 4 aliphatic heterocycles. The predicted molar refractivity (Wildman–Crippen MR) is 221 cm³/mol. The number of benzene rings is 2. The van der Waals surface area contributed by atoms with E-state index in [2.05, 4.69) is 29.7 Å².